The molecule has 1 aliphatic rings. The van der Waals surface area contributed by atoms with Crippen LogP contribution in [0.3, 0.4) is 0 Å². The molecule has 1 N–H and O–H groups in total. The lowest BCUT2D eigenvalue weighted by Gasteiger charge is -2.32. The Morgan fingerprint density at radius 1 is 1.29 bits per heavy atom. The van der Waals surface area contributed by atoms with Crippen LogP contribution in [0.1, 0.15) is 38.4 Å². The molecular weight excluding hydrogens is 260 g/mol. The van der Waals surface area contributed by atoms with Crippen LogP contribution in [0.2, 0.25) is 0 Å². The summed E-state index contributed by atoms with van der Waals surface area (Å²) in [5, 5.41) is 3.59. The monoisotopic (exact) mass is 290 g/mol. The zero-order valence-corrected chi connectivity index (χ0v) is 14.0. The molecule has 0 bridgehead atoms. The Kier molecular flexibility index (Phi) is 6.00. The van der Waals surface area contributed by atoms with Gasteiger partial charge in [0.05, 0.1) is 0 Å². The molecule has 4 nitrogen and oxygen atoms in total. The number of aryl methyl sites for hydroxylation is 1. The summed E-state index contributed by atoms with van der Waals surface area (Å²) in [6.07, 6.45) is 1.30. The molecule has 2 heterocycles. The second-order valence-electron chi connectivity index (χ2n) is 6.02. The third-order valence-electron chi connectivity index (χ3n) is 4.38. The van der Waals surface area contributed by atoms with E-state index in [0.29, 0.717) is 6.04 Å². The third-order valence-corrected chi connectivity index (χ3v) is 4.38. The molecule has 1 fully saturated rings. The molecule has 4 heteroatoms. The molecule has 0 spiro atoms. The standard InChI is InChI=1S/C17H30N4/c1-5-20(6-2)15(4)12-18-13-16-10-14(3)19-17(11-16)21-8-7-9-21/h10-11,15,18H,5-9,12-13H2,1-4H3. The van der Waals surface area contributed by atoms with Gasteiger partial charge in [-0.1, -0.05) is 13.8 Å². The summed E-state index contributed by atoms with van der Waals surface area (Å²) in [4.78, 5) is 9.48. The highest BCUT2D eigenvalue weighted by atomic mass is 15.2. The highest BCUT2D eigenvalue weighted by Crippen LogP contribution is 2.20. The summed E-state index contributed by atoms with van der Waals surface area (Å²) >= 11 is 0. The summed E-state index contributed by atoms with van der Waals surface area (Å²) in [6.45, 7) is 15.3. The van der Waals surface area contributed by atoms with Gasteiger partial charge in [0.1, 0.15) is 5.82 Å². The summed E-state index contributed by atoms with van der Waals surface area (Å²) in [5.41, 5.74) is 2.46. The van der Waals surface area contributed by atoms with Gasteiger partial charge in [-0.15, -0.1) is 0 Å². The van der Waals surface area contributed by atoms with Crippen LogP contribution in [0, 0.1) is 6.92 Å². The highest BCUT2D eigenvalue weighted by Gasteiger charge is 2.16. The van der Waals surface area contributed by atoms with Crippen molar-refractivity contribution in [3.63, 3.8) is 0 Å². The molecule has 1 aliphatic heterocycles. The first-order chi connectivity index (χ1) is 10.1. The number of rotatable bonds is 8. The predicted octanol–water partition coefficient (Wildman–Crippen LogP) is 2.42. The lowest BCUT2D eigenvalue weighted by atomic mass is 10.1. The van der Waals surface area contributed by atoms with E-state index in [9.17, 15) is 0 Å². The zero-order valence-electron chi connectivity index (χ0n) is 14.0. The summed E-state index contributed by atoms with van der Waals surface area (Å²) in [7, 11) is 0. The molecule has 1 aromatic heterocycles. The van der Waals surface area contributed by atoms with Gasteiger partial charge in [-0.2, -0.15) is 0 Å². The Hall–Kier alpha value is -1.13. The molecule has 1 unspecified atom stereocenters. The highest BCUT2D eigenvalue weighted by molar-refractivity contribution is 5.44. The molecule has 1 aromatic rings. The Balaban J connectivity index is 1.86. The van der Waals surface area contributed by atoms with Gasteiger partial charge in [0.25, 0.3) is 0 Å². The predicted molar refractivity (Wildman–Crippen MR) is 89.9 cm³/mol. The maximum atomic E-state index is 4.64. The van der Waals surface area contributed by atoms with Crippen LogP contribution >= 0.6 is 0 Å². The van der Waals surface area contributed by atoms with Gasteiger partial charge in [0.2, 0.25) is 0 Å². The lowest BCUT2D eigenvalue weighted by molar-refractivity contribution is 0.225. The Bertz CT molecular complexity index is 438. The van der Waals surface area contributed by atoms with Gasteiger partial charge in [-0.3, -0.25) is 4.90 Å². The van der Waals surface area contributed by atoms with Gasteiger partial charge in [-0.05, 0) is 51.1 Å². The van der Waals surface area contributed by atoms with Crippen LogP contribution in [0.5, 0.6) is 0 Å². The van der Waals surface area contributed by atoms with Crippen molar-refractivity contribution in [1.82, 2.24) is 15.2 Å². The third kappa shape index (κ3) is 4.42. The van der Waals surface area contributed by atoms with Gasteiger partial charge < -0.3 is 10.2 Å². The van der Waals surface area contributed by atoms with Crippen molar-refractivity contribution in [2.24, 2.45) is 0 Å². The van der Waals surface area contributed by atoms with Crippen molar-refractivity contribution in [3.05, 3.63) is 23.4 Å². The second-order valence-corrected chi connectivity index (χ2v) is 6.02. The van der Waals surface area contributed by atoms with Gasteiger partial charge >= 0.3 is 0 Å². The molecule has 0 aromatic carbocycles. The molecule has 0 saturated carbocycles. The minimum Gasteiger partial charge on any atom is -0.356 e. The first-order valence-electron chi connectivity index (χ1n) is 8.31. The molecule has 0 amide bonds. The second kappa shape index (κ2) is 7.76. The van der Waals surface area contributed by atoms with E-state index in [1.54, 1.807) is 0 Å². The SMILES string of the molecule is CCN(CC)C(C)CNCc1cc(C)nc(N2CCC2)c1. The first-order valence-corrected chi connectivity index (χ1v) is 8.31. The molecule has 2 rings (SSSR count). The van der Waals surface area contributed by atoms with Crippen molar-refractivity contribution in [2.75, 3.05) is 37.6 Å². The Labute approximate surface area is 129 Å². The Morgan fingerprint density at radius 3 is 2.57 bits per heavy atom. The van der Waals surface area contributed by atoms with Gasteiger partial charge in [0, 0.05) is 37.9 Å². The molecule has 1 atom stereocenters. The van der Waals surface area contributed by atoms with Crippen molar-refractivity contribution < 1.29 is 0 Å². The van der Waals surface area contributed by atoms with Gasteiger partial charge in [0.15, 0.2) is 0 Å². The van der Waals surface area contributed by atoms with E-state index in [1.165, 1.54) is 12.0 Å². The maximum Gasteiger partial charge on any atom is 0.129 e. The van der Waals surface area contributed by atoms with E-state index < -0.39 is 0 Å². The van der Waals surface area contributed by atoms with E-state index in [2.05, 4.69) is 59.9 Å². The minimum atomic E-state index is 0.581. The molecule has 0 radical (unpaired) electrons. The quantitative estimate of drug-likeness (QED) is 0.797. The molecule has 118 valence electrons. The molecule has 21 heavy (non-hydrogen) atoms. The minimum absolute atomic E-state index is 0.581. The molecular formula is C17H30N4. The number of hydrogen-bond acceptors (Lipinski definition) is 4. The number of aromatic nitrogens is 1. The maximum absolute atomic E-state index is 4.64. The summed E-state index contributed by atoms with van der Waals surface area (Å²) < 4.78 is 0. The fourth-order valence-corrected chi connectivity index (χ4v) is 2.93. The van der Waals surface area contributed by atoms with E-state index >= 15 is 0 Å². The van der Waals surface area contributed by atoms with Gasteiger partial charge in [-0.25, -0.2) is 4.98 Å². The first kappa shape index (κ1) is 16.2. The van der Waals surface area contributed by atoms with Crippen molar-refractivity contribution in [1.29, 1.82) is 0 Å². The van der Waals surface area contributed by atoms with E-state index in [1.807, 2.05) is 0 Å². The number of nitrogens with one attached hydrogen (secondary N) is 1. The zero-order chi connectivity index (χ0) is 15.2. The number of hydrogen-bond donors (Lipinski definition) is 1. The number of likely N-dealkylation sites (N-methyl/N-ethyl adjacent to an activating group) is 1. The fraction of sp³-hybridized carbons (Fsp3) is 0.706. The average molecular weight is 290 g/mol. The fourth-order valence-electron chi connectivity index (χ4n) is 2.93. The van der Waals surface area contributed by atoms with Crippen LogP contribution in [0.15, 0.2) is 12.1 Å². The van der Waals surface area contributed by atoms with Crippen LogP contribution in [-0.4, -0.2) is 48.6 Å². The summed E-state index contributed by atoms with van der Waals surface area (Å²) in [6, 6.07) is 5.01. The average Bonchev–Trinajstić information content (AvgIpc) is 2.37. The van der Waals surface area contributed by atoms with Crippen molar-refractivity contribution in [2.45, 2.75) is 46.7 Å². The lowest BCUT2D eigenvalue weighted by Crippen LogP contribution is -2.40. The largest absolute Gasteiger partial charge is 0.356 e. The van der Waals surface area contributed by atoms with E-state index in [0.717, 1.165) is 50.8 Å². The van der Waals surface area contributed by atoms with E-state index in [4.69, 9.17) is 0 Å². The summed E-state index contributed by atoms with van der Waals surface area (Å²) in [5.74, 6) is 1.15. The van der Waals surface area contributed by atoms with Crippen LogP contribution in [0.4, 0.5) is 5.82 Å². The van der Waals surface area contributed by atoms with E-state index in [-0.39, 0.29) is 0 Å². The number of nitrogens with zero attached hydrogens (tertiary/aromatic N) is 3. The topological polar surface area (TPSA) is 31.4 Å². The smallest absolute Gasteiger partial charge is 0.129 e. The number of anilines is 1. The van der Waals surface area contributed by atoms with Crippen molar-refractivity contribution in [3.8, 4) is 0 Å². The van der Waals surface area contributed by atoms with Crippen LogP contribution < -0.4 is 10.2 Å². The number of pyridine rings is 1. The van der Waals surface area contributed by atoms with Crippen molar-refractivity contribution >= 4 is 5.82 Å². The molecule has 1 saturated heterocycles. The Morgan fingerprint density at radius 2 is 2.00 bits per heavy atom. The van der Waals surface area contributed by atoms with Crippen LogP contribution in [-0.2, 0) is 6.54 Å². The molecule has 0 aliphatic carbocycles. The van der Waals surface area contributed by atoms with Crippen LogP contribution in [0.25, 0.3) is 0 Å². The normalized spacial score (nSPS) is 16.1.